The van der Waals surface area contributed by atoms with Crippen molar-refractivity contribution in [2.24, 2.45) is 7.05 Å². The van der Waals surface area contributed by atoms with Crippen LogP contribution in [0.1, 0.15) is 31.1 Å². The minimum Gasteiger partial charge on any atom is -0.508 e. The molecule has 1 unspecified atom stereocenters. The topological polar surface area (TPSA) is 70.3 Å². The molecule has 0 aliphatic heterocycles. The molecular formula is C14H19N3O2. The Kier molecular flexibility index (Phi) is 3.64. The Morgan fingerprint density at radius 3 is 2.74 bits per heavy atom. The minimum atomic E-state index is -0.0740. The summed E-state index contributed by atoms with van der Waals surface area (Å²) in [6, 6.07) is 4.55. The van der Waals surface area contributed by atoms with E-state index < -0.39 is 0 Å². The number of hydrogen-bond donors (Lipinski definition) is 3. The fourth-order valence-electron chi connectivity index (χ4n) is 2.13. The first-order chi connectivity index (χ1) is 9.01. The van der Waals surface area contributed by atoms with Crippen molar-refractivity contribution in [2.75, 3.05) is 5.32 Å². The van der Waals surface area contributed by atoms with E-state index in [1.54, 1.807) is 16.8 Å². The molecule has 19 heavy (non-hydrogen) atoms. The normalized spacial score (nSPS) is 12.4. The molecular weight excluding hydrogens is 242 g/mol. The number of anilines is 1. The summed E-state index contributed by atoms with van der Waals surface area (Å²) >= 11 is 0. The van der Waals surface area contributed by atoms with Crippen LogP contribution in [-0.2, 0) is 13.5 Å². The molecule has 5 nitrogen and oxygen atoms in total. The zero-order valence-electron chi connectivity index (χ0n) is 11.4. The average molecular weight is 261 g/mol. The summed E-state index contributed by atoms with van der Waals surface area (Å²) in [6.45, 7) is 4.01. The molecule has 1 atom stereocenters. The third-order valence-electron chi connectivity index (χ3n) is 3.09. The van der Waals surface area contributed by atoms with Crippen molar-refractivity contribution >= 4 is 5.69 Å². The van der Waals surface area contributed by atoms with E-state index in [0.717, 1.165) is 23.4 Å². The Labute approximate surface area is 112 Å². The van der Waals surface area contributed by atoms with E-state index in [0.29, 0.717) is 0 Å². The average Bonchev–Trinajstić information content (AvgIpc) is 2.69. The maximum atomic E-state index is 9.85. The second kappa shape index (κ2) is 5.22. The van der Waals surface area contributed by atoms with Crippen LogP contribution in [0.15, 0.2) is 24.4 Å². The van der Waals surface area contributed by atoms with Gasteiger partial charge in [-0.2, -0.15) is 5.10 Å². The summed E-state index contributed by atoms with van der Waals surface area (Å²) in [5.74, 6) is 0.144. The van der Waals surface area contributed by atoms with Crippen LogP contribution in [0.25, 0.3) is 0 Å². The molecule has 0 aliphatic rings. The van der Waals surface area contributed by atoms with Crippen LogP contribution in [0.3, 0.4) is 0 Å². The third kappa shape index (κ3) is 2.81. The molecule has 0 radical (unpaired) electrons. The van der Waals surface area contributed by atoms with E-state index in [1.165, 1.54) is 6.07 Å². The second-order valence-electron chi connectivity index (χ2n) is 4.63. The first-order valence-corrected chi connectivity index (χ1v) is 6.32. The van der Waals surface area contributed by atoms with Crippen LogP contribution in [0.2, 0.25) is 0 Å². The van der Waals surface area contributed by atoms with Gasteiger partial charge in [-0.05, 0) is 25.5 Å². The van der Waals surface area contributed by atoms with Crippen LogP contribution in [0.4, 0.5) is 5.69 Å². The van der Waals surface area contributed by atoms with Gasteiger partial charge in [0.05, 0.1) is 17.4 Å². The highest BCUT2D eigenvalue weighted by Gasteiger charge is 2.14. The van der Waals surface area contributed by atoms with E-state index in [2.05, 4.69) is 17.3 Å². The summed E-state index contributed by atoms with van der Waals surface area (Å²) in [4.78, 5) is 0. The van der Waals surface area contributed by atoms with Crippen LogP contribution >= 0.6 is 0 Å². The molecule has 1 aromatic carbocycles. The molecule has 5 heteroatoms. The number of aryl methyl sites for hydroxylation is 2. The smallest absolute Gasteiger partial charge is 0.124 e. The first-order valence-electron chi connectivity index (χ1n) is 6.32. The van der Waals surface area contributed by atoms with Gasteiger partial charge in [-0.25, -0.2) is 0 Å². The van der Waals surface area contributed by atoms with E-state index in [9.17, 15) is 10.2 Å². The lowest BCUT2D eigenvalue weighted by Gasteiger charge is -2.16. The third-order valence-corrected chi connectivity index (χ3v) is 3.09. The number of aromatic hydroxyl groups is 2. The van der Waals surface area contributed by atoms with Crippen molar-refractivity contribution in [3.05, 3.63) is 35.7 Å². The molecule has 1 aromatic heterocycles. The first kappa shape index (κ1) is 13.3. The quantitative estimate of drug-likeness (QED) is 0.791. The molecule has 3 N–H and O–H groups in total. The van der Waals surface area contributed by atoms with E-state index in [-0.39, 0.29) is 17.5 Å². The molecule has 0 spiro atoms. The summed E-state index contributed by atoms with van der Waals surface area (Å²) in [6.07, 6.45) is 2.77. The van der Waals surface area contributed by atoms with Gasteiger partial charge in [-0.1, -0.05) is 6.92 Å². The molecule has 102 valence electrons. The fourth-order valence-corrected chi connectivity index (χ4v) is 2.13. The summed E-state index contributed by atoms with van der Waals surface area (Å²) < 4.78 is 1.77. The standard InChI is InChI=1S/C14H19N3O2/c1-4-12-13(8-17(3)16-12)15-9(2)11-6-5-10(18)7-14(11)19/h5-9,15,18-19H,4H2,1-3H3. The van der Waals surface area contributed by atoms with Gasteiger partial charge < -0.3 is 15.5 Å². The number of aromatic nitrogens is 2. The predicted molar refractivity (Wildman–Crippen MR) is 74.4 cm³/mol. The van der Waals surface area contributed by atoms with Gasteiger partial charge in [-0.15, -0.1) is 0 Å². The van der Waals surface area contributed by atoms with Crippen LogP contribution in [0.5, 0.6) is 11.5 Å². The van der Waals surface area contributed by atoms with Gasteiger partial charge >= 0.3 is 0 Å². The number of benzene rings is 1. The lowest BCUT2D eigenvalue weighted by Crippen LogP contribution is -2.07. The Bertz CT molecular complexity index is 578. The van der Waals surface area contributed by atoms with Crippen molar-refractivity contribution < 1.29 is 10.2 Å². The Morgan fingerprint density at radius 2 is 2.11 bits per heavy atom. The Balaban J connectivity index is 2.22. The largest absolute Gasteiger partial charge is 0.508 e. The van der Waals surface area contributed by atoms with Crippen LogP contribution < -0.4 is 5.32 Å². The molecule has 2 aromatic rings. The summed E-state index contributed by atoms with van der Waals surface area (Å²) in [5, 5.41) is 26.8. The maximum Gasteiger partial charge on any atom is 0.124 e. The van der Waals surface area contributed by atoms with Crippen molar-refractivity contribution in [3.8, 4) is 11.5 Å². The highest BCUT2D eigenvalue weighted by atomic mass is 16.3. The van der Waals surface area contributed by atoms with Crippen LogP contribution in [-0.4, -0.2) is 20.0 Å². The van der Waals surface area contributed by atoms with Crippen molar-refractivity contribution in [2.45, 2.75) is 26.3 Å². The molecule has 0 bridgehead atoms. The zero-order valence-corrected chi connectivity index (χ0v) is 11.4. The number of nitrogens with zero attached hydrogens (tertiary/aromatic N) is 2. The van der Waals surface area contributed by atoms with Gasteiger partial charge in [-0.3, -0.25) is 4.68 Å². The number of phenolic OH excluding ortho intramolecular Hbond substituents is 2. The summed E-state index contributed by atoms with van der Waals surface area (Å²) in [5.41, 5.74) is 2.70. The van der Waals surface area contributed by atoms with E-state index in [1.807, 2.05) is 20.2 Å². The van der Waals surface area contributed by atoms with Crippen molar-refractivity contribution in [1.82, 2.24) is 9.78 Å². The van der Waals surface area contributed by atoms with Gasteiger partial charge in [0.1, 0.15) is 11.5 Å². The van der Waals surface area contributed by atoms with Gasteiger partial charge in [0, 0.05) is 24.9 Å². The second-order valence-corrected chi connectivity index (χ2v) is 4.63. The molecule has 0 fully saturated rings. The number of rotatable bonds is 4. The van der Waals surface area contributed by atoms with Gasteiger partial charge in [0.25, 0.3) is 0 Å². The van der Waals surface area contributed by atoms with Gasteiger partial charge in [0.2, 0.25) is 0 Å². The molecule has 0 saturated heterocycles. The predicted octanol–water partition coefficient (Wildman–Crippen LogP) is 2.57. The van der Waals surface area contributed by atoms with Crippen LogP contribution in [0, 0.1) is 0 Å². The van der Waals surface area contributed by atoms with Gasteiger partial charge in [0.15, 0.2) is 0 Å². The van der Waals surface area contributed by atoms with E-state index in [4.69, 9.17) is 0 Å². The number of hydrogen-bond acceptors (Lipinski definition) is 4. The maximum absolute atomic E-state index is 9.85. The molecule has 0 amide bonds. The van der Waals surface area contributed by atoms with E-state index >= 15 is 0 Å². The van der Waals surface area contributed by atoms with Crippen molar-refractivity contribution in [3.63, 3.8) is 0 Å². The lowest BCUT2D eigenvalue weighted by molar-refractivity contribution is 0.444. The highest BCUT2D eigenvalue weighted by Crippen LogP contribution is 2.30. The SMILES string of the molecule is CCc1nn(C)cc1NC(C)c1ccc(O)cc1O. The molecule has 1 heterocycles. The molecule has 0 aliphatic carbocycles. The highest BCUT2D eigenvalue weighted by molar-refractivity contribution is 5.50. The molecule has 0 saturated carbocycles. The number of nitrogens with one attached hydrogen (secondary N) is 1. The fraction of sp³-hybridized carbons (Fsp3) is 0.357. The Hall–Kier alpha value is -2.17. The molecule has 2 rings (SSSR count). The zero-order chi connectivity index (χ0) is 14.0. The number of phenols is 2. The monoisotopic (exact) mass is 261 g/mol. The lowest BCUT2D eigenvalue weighted by atomic mass is 10.1. The Morgan fingerprint density at radius 1 is 1.37 bits per heavy atom. The van der Waals surface area contributed by atoms with Crippen molar-refractivity contribution in [1.29, 1.82) is 0 Å². The summed E-state index contributed by atoms with van der Waals surface area (Å²) in [7, 11) is 1.88. The minimum absolute atomic E-state index is 0.0593.